The second-order valence-electron chi connectivity index (χ2n) is 26.6. The minimum Gasteiger partial charge on any atom is -0.462 e. The van der Waals surface area contributed by atoms with Gasteiger partial charge in [-0.1, -0.05) is 298 Å². The van der Waals surface area contributed by atoms with Crippen molar-refractivity contribution in [3.63, 3.8) is 0 Å². The molecule has 0 aromatic rings. The van der Waals surface area contributed by atoms with E-state index >= 15 is 0 Å². The fourth-order valence-electron chi connectivity index (χ4n) is 10.6. The molecule has 17 nitrogen and oxygen atoms in total. The Morgan fingerprint density at radius 3 is 0.873 bits per heavy atom. The van der Waals surface area contributed by atoms with Gasteiger partial charge in [0, 0.05) is 25.7 Å². The molecule has 0 spiro atoms. The number of ether oxygens (including phenoxy) is 4. The first kappa shape index (κ1) is 97.7. The van der Waals surface area contributed by atoms with Crippen molar-refractivity contribution in [2.75, 3.05) is 39.6 Å². The zero-order valence-electron chi connectivity index (χ0n) is 64.3. The number of phosphoric acid groups is 2. The third kappa shape index (κ3) is 74.0. The third-order valence-corrected chi connectivity index (χ3v) is 18.6. The predicted octanol–water partition coefficient (Wildman–Crippen LogP) is 23.3. The maximum Gasteiger partial charge on any atom is 0.472 e. The standard InChI is InChI=1S/C83H144O17P2/c1-5-9-13-17-21-25-29-33-36-37-38-39-42-45-48-52-56-60-64-68-81(86)94-74-79(100-83(88)70-66-62-58-54-50-46-41-35-31-27-23-19-15-11-7-3)76-98-102(91,92)96-72-77(84)71-95-101(89,90)97-75-78(99-82(87)69-65-61-57-53-49-43-32-28-24-20-16-12-8-4)73-93-80(85)67-63-59-55-51-47-44-40-34-30-26-22-18-14-10-6-2/h9,13,21,23,25,27,33-36,38-41,45,48,56,60,77-79,84H,5-8,10-12,14-20,22,24,26,28-32,37,42-44,46-47,49-55,57-59,61-76H2,1-4H3,(H,89,90)(H,91,92)/b13-9-,25-21-,27-23-,36-33-,39-38-,40-34-,41-35-,48-45-,60-56-. The Kier molecular flexibility index (Phi) is 71.8. The summed E-state index contributed by atoms with van der Waals surface area (Å²) in [7, 11) is -9.98. The lowest BCUT2D eigenvalue weighted by atomic mass is 10.0. The van der Waals surface area contributed by atoms with Gasteiger partial charge in [-0.2, -0.15) is 0 Å². The Morgan fingerprint density at radius 1 is 0.284 bits per heavy atom. The number of rotatable bonds is 75. The van der Waals surface area contributed by atoms with E-state index in [-0.39, 0.29) is 25.7 Å². The number of carbonyl (C=O) groups excluding carboxylic acids is 4. The van der Waals surface area contributed by atoms with Gasteiger partial charge in [0.25, 0.3) is 0 Å². The van der Waals surface area contributed by atoms with Crippen LogP contribution in [0.25, 0.3) is 0 Å². The van der Waals surface area contributed by atoms with Crippen LogP contribution in [0.2, 0.25) is 0 Å². The van der Waals surface area contributed by atoms with Gasteiger partial charge in [0.05, 0.1) is 26.4 Å². The summed E-state index contributed by atoms with van der Waals surface area (Å²) in [5, 5.41) is 10.6. The Labute approximate surface area is 619 Å². The normalized spacial score (nSPS) is 14.5. The zero-order chi connectivity index (χ0) is 74.6. The molecular weight excluding hydrogens is 1330 g/mol. The molecule has 0 saturated heterocycles. The maximum atomic E-state index is 13.1. The highest BCUT2D eigenvalue weighted by Gasteiger charge is 2.30. The smallest absolute Gasteiger partial charge is 0.462 e. The SMILES string of the molecule is CC/C=C\C/C=C\C/C=C\C/C=C\C/C=C\C/C=C\CCC(=O)OCC(COP(=O)(O)OCC(O)COP(=O)(O)OCC(COC(=O)CCCCCCC/C=C\CCCCCCCC)OC(=O)CCCCCCCCCCCCCCC)OC(=O)CCCCCCC/C=C\C/C=C\CCCCC. The van der Waals surface area contributed by atoms with E-state index in [1.807, 2.05) is 18.2 Å². The third-order valence-electron chi connectivity index (χ3n) is 16.7. The molecule has 0 heterocycles. The fraction of sp³-hybridized carbons (Fsp3) is 0.735. The van der Waals surface area contributed by atoms with Gasteiger partial charge in [-0.3, -0.25) is 37.3 Å². The number of esters is 4. The van der Waals surface area contributed by atoms with Crippen LogP contribution >= 0.6 is 15.6 Å². The molecule has 0 aliphatic carbocycles. The van der Waals surface area contributed by atoms with Crippen molar-refractivity contribution in [1.29, 1.82) is 0 Å². The molecule has 102 heavy (non-hydrogen) atoms. The van der Waals surface area contributed by atoms with Gasteiger partial charge in [-0.15, -0.1) is 0 Å². The molecule has 0 saturated carbocycles. The molecule has 5 unspecified atom stereocenters. The Balaban J connectivity index is 5.42. The monoisotopic (exact) mass is 1470 g/mol. The van der Waals surface area contributed by atoms with Crippen LogP contribution < -0.4 is 0 Å². The molecule has 0 amide bonds. The molecule has 3 N–H and O–H groups in total. The predicted molar refractivity (Wildman–Crippen MR) is 418 cm³/mol. The number of aliphatic hydroxyl groups is 1. The first-order valence-electron chi connectivity index (χ1n) is 40.1. The molecule has 588 valence electrons. The minimum atomic E-state index is -5.00. The van der Waals surface area contributed by atoms with E-state index in [9.17, 15) is 43.2 Å². The Bertz CT molecular complexity index is 2360. The second-order valence-corrected chi connectivity index (χ2v) is 29.5. The van der Waals surface area contributed by atoms with E-state index in [2.05, 4.69) is 119 Å². The van der Waals surface area contributed by atoms with Crippen molar-refractivity contribution in [3.8, 4) is 0 Å². The summed E-state index contributed by atoms with van der Waals surface area (Å²) in [6.45, 7) is 4.65. The number of hydrogen-bond acceptors (Lipinski definition) is 15. The van der Waals surface area contributed by atoms with Gasteiger partial charge in [-0.05, 0) is 122 Å². The highest BCUT2D eigenvalue weighted by atomic mass is 31.2. The molecule has 0 aliphatic rings. The lowest BCUT2D eigenvalue weighted by Gasteiger charge is -2.21. The molecular formula is C83H144O17P2. The first-order valence-corrected chi connectivity index (χ1v) is 43.1. The van der Waals surface area contributed by atoms with Gasteiger partial charge < -0.3 is 33.8 Å². The summed E-state index contributed by atoms with van der Waals surface area (Å²) >= 11 is 0. The lowest BCUT2D eigenvalue weighted by Crippen LogP contribution is -2.30. The van der Waals surface area contributed by atoms with Crippen molar-refractivity contribution in [2.45, 2.75) is 354 Å². The molecule has 0 rings (SSSR count). The molecule has 0 aliphatic heterocycles. The van der Waals surface area contributed by atoms with Gasteiger partial charge in [0.1, 0.15) is 19.3 Å². The maximum absolute atomic E-state index is 13.1. The highest BCUT2D eigenvalue weighted by Crippen LogP contribution is 2.45. The molecule has 19 heteroatoms. The van der Waals surface area contributed by atoms with Gasteiger partial charge >= 0.3 is 39.5 Å². The number of allylic oxidation sites excluding steroid dienone is 18. The van der Waals surface area contributed by atoms with Crippen LogP contribution in [-0.4, -0.2) is 96.7 Å². The Morgan fingerprint density at radius 2 is 0.529 bits per heavy atom. The van der Waals surface area contributed by atoms with Crippen LogP contribution in [0.5, 0.6) is 0 Å². The van der Waals surface area contributed by atoms with Crippen molar-refractivity contribution < 1.29 is 80.2 Å². The summed E-state index contributed by atoms with van der Waals surface area (Å²) < 4.78 is 68.5. The van der Waals surface area contributed by atoms with E-state index in [0.29, 0.717) is 32.1 Å². The van der Waals surface area contributed by atoms with Gasteiger partial charge in [0.2, 0.25) is 0 Å². The summed E-state index contributed by atoms with van der Waals surface area (Å²) in [5.41, 5.74) is 0. The van der Waals surface area contributed by atoms with Crippen LogP contribution in [0.15, 0.2) is 109 Å². The van der Waals surface area contributed by atoms with Crippen molar-refractivity contribution >= 4 is 39.5 Å². The average Bonchev–Trinajstić information content (AvgIpc) is 0.924. The quantitative estimate of drug-likeness (QED) is 0.0169. The number of unbranched alkanes of at least 4 members (excludes halogenated alkanes) is 31. The summed E-state index contributed by atoms with van der Waals surface area (Å²) in [6.07, 6.45) is 80.8. The van der Waals surface area contributed by atoms with Gasteiger partial charge in [-0.25, -0.2) is 9.13 Å². The summed E-state index contributed by atoms with van der Waals surface area (Å²) in [4.78, 5) is 73.0. The lowest BCUT2D eigenvalue weighted by molar-refractivity contribution is -0.161. The topological polar surface area (TPSA) is 237 Å². The van der Waals surface area contributed by atoms with Crippen molar-refractivity contribution in [2.24, 2.45) is 0 Å². The van der Waals surface area contributed by atoms with E-state index < -0.39 is 97.5 Å². The van der Waals surface area contributed by atoms with Crippen LogP contribution in [0.4, 0.5) is 0 Å². The summed E-state index contributed by atoms with van der Waals surface area (Å²) in [5.74, 6) is -2.28. The van der Waals surface area contributed by atoms with Crippen LogP contribution in [-0.2, 0) is 65.4 Å². The van der Waals surface area contributed by atoms with E-state index in [0.717, 1.165) is 141 Å². The number of hydrogen-bond donors (Lipinski definition) is 3. The second kappa shape index (κ2) is 75.0. The van der Waals surface area contributed by atoms with Gasteiger partial charge in [0.15, 0.2) is 12.2 Å². The number of carbonyl (C=O) groups is 4. The fourth-order valence-corrected chi connectivity index (χ4v) is 12.2. The van der Waals surface area contributed by atoms with E-state index in [1.165, 1.54) is 109 Å². The number of phosphoric ester groups is 2. The molecule has 0 bridgehead atoms. The molecule has 0 aromatic heterocycles. The average molecular weight is 1480 g/mol. The first-order chi connectivity index (χ1) is 49.7. The number of aliphatic hydroxyl groups excluding tert-OH is 1. The summed E-state index contributed by atoms with van der Waals surface area (Å²) in [6, 6.07) is 0. The largest absolute Gasteiger partial charge is 0.472 e. The molecule has 0 radical (unpaired) electrons. The highest BCUT2D eigenvalue weighted by molar-refractivity contribution is 7.47. The van der Waals surface area contributed by atoms with Crippen LogP contribution in [0, 0.1) is 0 Å². The zero-order valence-corrected chi connectivity index (χ0v) is 66.0. The Hall–Kier alpha value is -4.28. The molecule has 0 fully saturated rings. The van der Waals surface area contributed by atoms with E-state index in [4.69, 9.17) is 37.0 Å². The van der Waals surface area contributed by atoms with Crippen LogP contribution in [0.1, 0.15) is 336 Å². The van der Waals surface area contributed by atoms with E-state index in [1.54, 1.807) is 0 Å². The van der Waals surface area contributed by atoms with Crippen molar-refractivity contribution in [3.05, 3.63) is 109 Å². The minimum absolute atomic E-state index is 0.0322. The molecule has 0 aromatic carbocycles. The van der Waals surface area contributed by atoms with Crippen molar-refractivity contribution in [1.82, 2.24) is 0 Å². The molecule has 5 atom stereocenters. The van der Waals surface area contributed by atoms with Crippen LogP contribution in [0.3, 0.4) is 0 Å².